The fourth-order valence-corrected chi connectivity index (χ4v) is 2.57. The maximum absolute atomic E-state index is 10.9. The molecule has 0 radical (unpaired) electrons. The van der Waals surface area contributed by atoms with Gasteiger partial charge in [0.15, 0.2) is 0 Å². The van der Waals surface area contributed by atoms with E-state index in [9.17, 15) is 4.79 Å². The fourth-order valence-electron chi connectivity index (χ4n) is 2.57. The first-order valence-electron chi connectivity index (χ1n) is 6.40. The minimum atomic E-state index is -0.728. The average molecular weight is 248 g/mol. The summed E-state index contributed by atoms with van der Waals surface area (Å²) < 4.78 is 0. The number of carboxylic acids is 1. The third-order valence-corrected chi connectivity index (χ3v) is 3.49. The predicted octanol–water partition coefficient (Wildman–Crippen LogP) is 1.45. The Hall–Kier alpha value is -1.39. The van der Waals surface area contributed by atoms with Crippen molar-refractivity contribution in [3.63, 3.8) is 0 Å². The second kappa shape index (κ2) is 5.98. The first-order valence-corrected chi connectivity index (χ1v) is 6.40. The van der Waals surface area contributed by atoms with Gasteiger partial charge in [-0.05, 0) is 18.4 Å². The van der Waals surface area contributed by atoms with E-state index in [0.29, 0.717) is 0 Å². The Balaban J connectivity index is 2.03. The molecular formula is C14H20N2O2. The second-order valence-corrected chi connectivity index (χ2v) is 5.00. The lowest BCUT2D eigenvalue weighted by Crippen LogP contribution is -2.48. The molecule has 0 aliphatic carbocycles. The molecule has 1 heterocycles. The van der Waals surface area contributed by atoms with E-state index < -0.39 is 5.97 Å². The van der Waals surface area contributed by atoms with Crippen LogP contribution in [0.1, 0.15) is 24.8 Å². The van der Waals surface area contributed by atoms with Crippen molar-refractivity contribution in [1.29, 1.82) is 0 Å². The molecule has 0 amide bonds. The standard InChI is InChI=1S/C14H20N2O2/c15-12-6-7-13(8-14(17)18)16(10-12)9-11-4-2-1-3-5-11/h1-5,12-13H,6-10,15H2,(H,17,18)/t12-,13-/m0/s1. The summed E-state index contributed by atoms with van der Waals surface area (Å²) in [7, 11) is 0. The van der Waals surface area contributed by atoms with Crippen LogP contribution in [0.3, 0.4) is 0 Å². The molecule has 18 heavy (non-hydrogen) atoms. The molecule has 1 fully saturated rings. The van der Waals surface area contributed by atoms with Gasteiger partial charge in [0.25, 0.3) is 0 Å². The highest BCUT2D eigenvalue weighted by Crippen LogP contribution is 2.21. The van der Waals surface area contributed by atoms with Crippen molar-refractivity contribution in [3.8, 4) is 0 Å². The van der Waals surface area contributed by atoms with Crippen LogP contribution in [0.5, 0.6) is 0 Å². The third-order valence-electron chi connectivity index (χ3n) is 3.49. The number of piperidine rings is 1. The van der Waals surface area contributed by atoms with Crippen molar-refractivity contribution in [3.05, 3.63) is 35.9 Å². The summed E-state index contributed by atoms with van der Waals surface area (Å²) in [5.41, 5.74) is 7.19. The van der Waals surface area contributed by atoms with Gasteiger partial charge in [-0.25, -0.2) is 0 Å². The molecule has 98 valence electrons. The Morgan fingerprint density at radius 1 is 1.33 bits per heavy atom. The fraction of sp³-hybridized carbons (Fsp3) is 0.500. The Kier molecular flexibility index (Phi) is 4.33. The molecule has 4 nitrogen and oxygen atoms in total. The van der Waals surface area contributed by atoms with Gasteiger partial charge in [0.05, 0.1) is 6.42 Å². The van der Waals surface area contributed by atoms with Crippen LogP contribution in [0, 0.1) is 0 Å². The van der Waals surface area contributed by atoms with Crippen molar-refractivity contribution in [1.82, 2.24) is 4.90 Å². The molecule has 0 saturated carbocycles. The zero-order valence-electron chi connectivity index (χ0n) is 10.5. The molecule has 1 aliphatic rings. The zero-order valence-corrected chi connectivity index (χ0v) is 10.5. The number of likely N-dealkylation sites (tertiary alicyclic amines) is 1. The SMILES string of the molecule is N[C@H]1CC[C@@H](CC(=O)O)N(Cc2ccccc2)C1. The minimum absolute atomic E-state index is 0.113. The lowest BCUT2D eigenvalue weighted by Gasteiger charge is -2.37. The number of hydrogen-bond acceptors (Lipinski definition) is 3. The van der Waals surface area contributed by atoms with E-state index in [4.69, 9.17) is 10.8 Å². The summed E-state index contributed by atoms with van der Waals surface area (Å²) in [6.07, 6.45) is 2.00. The first-order chi connectivity index (χ1) is 8.65. The van der Waals surface area contributed by atoms with Gasteiger partial charge in [-0.3, -0.25) is 9.69 Å². The normalized spacial score (nSPS) is 24.9. The van der Waals surface area contributed by atoms with E-state index >= 15 is 0 Å². The monoisotopic (exact) mass is 248 g/mol. The molecule has 1 saturated heterocycles. The number of aliphatic carboxylic acids is 1. The summed E-state index contributed by atoms with van der Waals surface area (Å²) in [5.74, 6) is -0.728. The van der Waals surface area contributed by atoms with Gasteiger partial charge >= 0.3 is 5.97 Å². The van der Waals surface area contributed by atoms with Gasteiger partial charge in [-0.15, -0.1) is 0 Å². The van der Waals surface area contributed by atoms with Crippen LogP contribution in [0.25, 0.3) is 0 Å². The van der Waals surface area contributed by atoms with Crippen LogP contribution in [-0.2, 0) is 11.3 Å². The quantitative estimate of drug-likeness (QED) is 0.846. The van der Waals surface area contributed by atoms with Crippen LogP contribution >= 0.6 is 0 Å². The van der Waals surface area contributed by atoms with E-state index in [1.54, 1.807) is 0 Å². The van der Waals surface area contributed by atoms with E-state index in [2.05, 4.69) is 17.0 Å². The summed E-state index contributed by atoms with van der Waals surface area (Å²) in [6.45, 7) is 1.57. The van der Waals surface area contributed by atoms with Crippen molar-refractivity contribution in [2.45, 2.75) is 37.9 Å². The average Bonchev–Trinajstić information content (AvgIpc) is 2.33. The van der Waals surface area contributed by atoms with Crippen molar-refractivity contribution in [2.24, 2.45) is 5.73 Å². The zero-order chi connectivity index (χ0) is 13.0. The number of nitrogens with zero attached hydrogens (tertiary/aromatic N) is 1. The minimum Gasteiger partial charge on any atom is -0.481 e. The van der Waals surface area contributed by atoms with Crippen molar-refractivity contribution < 1.29 is 9.90 Å². The lowest BCUT2D eigenvalue weighted by molar-refractivity contribution is -0.138. The van der Waals surface area contributed by atoms with E-state index in [0.717, 1.165) is 25.9 Å². The van der Waals surface area contributed by atoms with Gasteiger partial charge in [0.2, 0.25) is 0 Å². The molecule has 0 spiro atoms. The van der Waals surface area contributed by atoms with Crippen LogP contribution in [0.4, 0.5) is 0 Å². The molecular weight excluding hydrogens is 228 g/mol. The Morgan fingerprint density at radius 3 is 2.72 bits per heavy atom. The summed E-state index contributed by atoms with van der Waals surface area (Å²) >= 11 is 0. The number of carbonyl (C=O) groups is 1. The molecule has 4 heteroatoms. The summed E-state index contributed by atoms with van der Waals surface area (Å²) in [5, 5.41) is 8.96. The van der Waals surface area contributed by atoms with Gasteiger partial charge in [0.1, 0.15) is 0 Å². The maximum Gasteiger partial charge on any atom is 0.304 e. The molecule has 1 aromatic carbocycles. The topological polar surface area (TPSA) is 66.6 Å². The van der Waals surface area contributed by atoms with Gasteiger partial charge < -0.3 is 10.8 Å². The van der Waals surface area contributed by atoms with Crippen LogP contribution in [0.15, 0.2) is 30.3 Å². The molecule has 2 rings (SSSR count). The molecule has 1 aromatic rings. The lowest BCUT2D eigenvalue weighted by atomic mass is 9.96. The molecule has 1 aliphatic heterocycles. The van der Waals surface area contributed by atoms with Gasteiger partial charge in [-0.1, -0.05) is 30.3 Å². The van der Waals surface area contributed by atoms with Crippen LogP contribution in [0.2, 0.25) is 0 Å². The van der Waals surface area contributed by atoms with E-state index in [-0.39, 0.29) is 18.5 Å². The van der Waals surface area contributed by atoms with Crippen LogP contribution in [-0.4, -0.2) is 34.6 Å². The van der Waals surface area contributed by atoms with Crippen LogP contribution < -0.4 is 5.73 Å². The third kappa shape index (κ3) is 3.55. The Morgan fingerprint density at radius 2 is 2.06 bits per heavy atom. The van der Waals surface area contributed by atoms with Crippen molar-refractivity contribution >= 4 is 5.97 Å². The number of benzene rings is 1. The van der Waals surface area contributed by atoms with Gasteiger partial charge in [0, 0.05) is 25.2 Å². The van der Waals surface area contributed by atoms with E-state index in [1.807, 2.05) is 18.2 Å². The summed E-state index contributed by atoms with van der Waals surface area (Å²) in [4.78, 5) is 13.1. The predicted molar refractivity (Wildman–Crippen MR) is 70.1 cm³/mol. The molecule has 2 atom stereocenters. The second-order valence-electron chi connectivity index (χ2n) is 5.00. The molecule has 0 unspecified atom stereocenters. The molecule has 0 aromatic heterocycles. The molecule has 0 bridgehead atoms. The summed E-state index contributed by atoms with van der Waals surface area (Å²) in [6, 6.07) is 10.4. The van der Waals surface area contributed by atoms with Crippen molar-refractivity contribution in [2.75, 3.05) is 6.54 Å². The maximum atomic E-state index is 10.9. The number of carboxylic acid groups (broad SMARTS) is 1. The number of hydrogen-bond donors (Lipinski definition) is 2. The highest BCUT2D eigenvalue weighted by atomic mass is 16.4. The number of nitrogens with two attached hydrogens (primary N) is 1. The first kappa shape index (κ1) is 13.1. The molecule has 3 N–H and O–H groups in total. The number of rotatable bonds is 4. The smallest absolute Gasteiger partial charge is 0.304 e. The Bertz CT molecular complexity index is 394. The van der Waals surface area contributed by atoms with Gasteiger partial charge in [-0.2, -0.15) is 0 Å². The highest BCUT2D eigenvalue weighted by Gasteiger charge is 2.27. The Labute approximate surface area is 107 Å². The van der Waals surface area contributed by atoms with E-state index in [1.165, 1.54) is 5.56 Å². The highest BCUT2D eigenvalue weighted by molar-refractivity contribution is 5.67. The largest absolute Gasteiger partial charge is 0.481 e.